The second-order valence-corrected chi connectivity index (χ2v) is 4.94. The van der Waals surface area contributed by atoms with Crippen molar-refractivity contribution in [2.24, 2.45) is 5.92 Å². The van der Waals surface area contributed by atoms with Gasteiger partial charge in [0.15, 0.2) is 0 Å². The van der Waals surface area contributed by atoms with Crippen molar-refractivity contribution in [3.05, 3.63) is 0 Å². The Hall–Kier alpha value is -0.240. The van der Waals surface area contributed by atoms with E-state index in [1.165, 1.54) is 0 Å². The summed E-state index contributed by atoms with van der Waals surface area (Å²) in [6.45, 7) is 7.34. The third-order valence-electron chi connectivity index (χ3n) is 2.68. The molecule has 0 aliphatic carbocycles. The van der Waals surface area contributed by atoms with Gasteiger partial charge in [0.05, 0.1) is 0 Å². The van der Waals surface area contributed by atoms with Crippen LogP contribution in [-0.4, -0.2) is 28.8 Å². The van der Waals surface area contributed by atoms with Gasteiger partial charge in [0.2, 0.25) is 5.91 Å². The Kier molecular flexibility index (Phi) is 3.23. The molecule has 3 heteroatoms. The summed E-state index contributed by atoms with van der Waals surface area (Å²) < 4.78 is 0. The molecule has 0 aromatic rings. The molecule has 1 saturated heterocycles. The van der Waals surface area contributed by atoms with Crippen LogP contribution in [0.1, 0.15) is 33.6 Å². The minimum atomic E-state index is 0.0303. The van der Waals surface area contributed by atoms with E-state index in [9.17, 15) is 4.79 Å². The fourth-order valence-electron chi connectivity index (χ4n) is 2.24. The van der Waals surface area contributed by atoms with E-state index in [2.05, 4.69) is 20.8 Å². The number of halogens is 1. The Morgan fingerprint density at radius 1 is 1.62 bits per heavy atom. The molecular weight excluding hydrogens is 186 g/mol. The van der Waals surface area contributed by atoms with Gasteiger partial charge in [-0.15, -0.1) is 11.6 Å². The van der Waals surface area contributed by atoms with Crippen LogP contribution >= 0.6 is 11.6 Å². The molecule has 1 aliphatic heterocycles. The monoisotopic (exact) mass is 203 g/mol. The summed E-state index contributed by atoms with van der Waals surface area (Å²) in [6, 6.07) is 0. The van der Waals surface area contributed by atoms with Gasteiger partial charge < -0.3 is 4.90 Å². The number of carbonyl (C=O) groups is 1. The maximum absolute atomic E-state index is 11.6. The first kappa shape index (κ1) is 10.8. The van der Waals surface area contributed by atoms with Gasteiger partial charge in [-0.05, 0) is 26.2 Å². The van der Waals surface area contributed by atoms with Crippen LogP contribution in [-0.2, 0) is 4.79 Å². The zero-order chi connectivity index (χ0) is 10.1. The molecule has 1 amide bonds. The Balaban J connectivity index is 2.64. The summed E-state index contributed by atoms with van der Waals surface area (Å²) in [4.78, 5) is 13.6. The number of rotatable bonds is 2. The van der Waals surface area contributed by atoms with Crippen molar-refractivity contribution in [3.63, 3.8) is 0 Å². The quantitative estimate of drug-likeness (QED) is 0.631. The number of likely N-dealkylation sites (tertiary alicyclic amines) is 1. The highest BCUT2D eigenvalue weighted by Crippen LogP contribution is 2.32. The van der Waals surface area contributed by atoms with Crippen LogP contribution in [0.25, 0.3) is 0 Å². The molecule has 2 nitrogen and oxygen atoms in total. The van der Waals surface area contributed by atoms with Crippen LogP contribution in [0.5, 0.6) is 0 Å². The Bertz CT molecular complexity index is 203. The zero-order valence-electron chi connectivity index (χ0n) is 8.64. The van der Waals surface area contributed by atoms with E-state index in [1.807, 2.05) is 4.90 Å². The van der Waals surface area contributed by atoms with Crippen LogP contribution in [0.15, 0.2) is 0 Å². The number of alkyl halides is 1. The molecule has 0 N–H and O–H groups in total. The van der Waals surface area contributed by atoms with Crippen LogP contribution in [0.4, 0.5) is 0 Å². The second-order valence-electron chi connectivity index (χ2n) is 4.57. The van der Waals surface area contributed by atoms with Crippen molar-refractivity contribution in [2.45, 2.75) is 39.2 Å². The fourth-order valence-corrected chi connectivity index (χ4v) is 2.40. The SMILES string of the molecule is CC1CN(C(=O)CCCl)C(C)(C)C1. The van der Waals surface area contributed by atoms with Gasteiger partial charge >= 0.3 is 0 Å². The summed E-state index contributed by atoms with van der Waals surface area (Å²) in [6.07, 6.45) is 1.57. The predicted octanol–water partition coefficient (Wildman–Crippen LogP) is 2.26. The molecule has 1 atom stereocenters. The standard InChI is InChI=1S/C10H18ClNO/c1-8-6-10(2,3)12(7-8)9(13)4-5-11/h8H,4-7H2,1-3H3. The minimum Gasteiger partial charge on any atom is -0.337 e. The Morgan fingerprint density at radius 3 is 2.62 bits per heavy atom. The average molecular weight is 204 g/mol. The number of nitrogens with zero attached hydrogens (tertiary/aromatic N) is 1. The van der Waals surface area contributed by atoms with Crippen molar-refractivity contribution in [1.82, 2.24) is 4.90 Å². The first-order valence-corrected chi connectivity index (χ1v) is 5.37. The van der Waals surface area contributed by atoms with Crippen molar-refractivity contribution in [2.75, 3.05) is 12.4 Å². The molecule has 1 aliphatic rings. The van der Waals surface area contributed by atoms with Gasteiger partial charge in [-0.3, -0.25) is 4.79 Å². The van der Waals surface area contributed by atoms with Crippen molar-refractivity contribution >= 4 is 17.5 Å². The summed E-state index contributed by atoms with van der Waals surface area (Å²) in [5, 5.41) is 0. The van der Waals surface area contributed by atoms with Crippen LogP contribution in [0.3, 0.4) is 0 Å². The number of carbonyl (C=O) groups excluding carboxylic acids is 1. The van der Waals surface area contributed by atoms with Crippen molar-refractivity contribution in [1.29, 1.82) is 0 Å². The Labute approximate surface area is 85.2 Å². The smallest absolute Gasteiger partial charge is 0.224 e. The molecular formula is C10H18ClNO. The van der Waals surface area contributed by atoms with Gasteiger partial charge in [0, 0.05) is 24.4 Å². The molecule has 0 radical (unpaired) electrons. The summed E-state index contributed by atoms with van der Waals surface area (Å²) in [5.74, 6) is 1.25. The Morgan fingerprint density at radius 2 is 2.23 bits per heavy atom. The highest BCUT2D eigenvalue weighted by atomic mass is 35.5. The lowest BCUT2D eigenvalue weighted by Gasteiger charge is -2.31. The minimum absolute atomic E-state index is 0.0303. The van der Waals surface area contributed by atoms with E-state index >= 15 is 0 Å². The van der Waals surface area contributed by atoms with E-state index in [0.717, 1.165) is 13.0 Å². The van der Waals surface area contributed by atoms with Gasteiger partial charge in [0.1, 0.15) is 0 Å². The fraction of sp³-hybridized carbons (Fsp3) is 0.900. The molecule has 13 heavy (non-hydrogen) atoms. The first-order valence-electron chi connectivity index (χ1n) is 4.84. The van der Waals surface area contributed by atoms with E-state index in [1.54, 1.807) is 0 Å². The second kappa shape index (κ2) is 3.87. The highest BCUT2D eigenvalue weighted by Gasteiger charge is 2.38. The summed E-state index contributed by atoms with van der Waals surface area (Å²) in [5.41, 5.74) is 0.0303. The largest absolute Gasteiger partial charge is 0.337 e. The van der Waals surface area contributed by atoms with Gasteiger partial charge in [-0.25, -0.2) is 0 Å². The molecule has 1 heterocycles. The van der Waals surface area contributed by atoms with Gasteiger partial charge in [-0.1, -0.05) is 6.92 Å². The van der Waals surface area contributed by atoms with E-state index in [4.69, 9.17) is 11.6 Å². The van der Waals surface area contributed by atoms with Crippen molar-refractivity contribution in [3.8, 4) is 0 Å². The lowest BCUT2D eigenvalue weighted by atomic mass is 9.97. The van der Waals surface area contributed by atoms with Gasteiger partial charge in [0.25, 0.3) is 0 Å². The molecule has 0 bridgehead atoms. The molecule has 1 rings (SSSR count). The molecule has 0 spiro atoms. The zero-order valence-corrected chi connectivity index (χ0v) is 9.40. The van der Waals surface area contributed by atoms with Crippen LogP contribution in [0, 0.1) is 5.92 Å². The maximum Gasteiger partial charge on any atom is 0.224 e. The lowest BCUT2D eigenvalue weighted by Crippen LogP contribution is -2.42. The van der Waals surface area contributed by atoms with Crippen LogP contribution < -0.4 is 0 Å². The third-order valence-corrected chi connectivity index (χ3v) is 2.87. The number of hydrogen-bond donors (Lipinski definition) is 0. The van der Waals surface area contributed by atoms with Gasteiger partial charge in [-0.2, -0.15) is 0 Å². The number of amides is 1. The predicted molar refractivity (Wildman–Crippen MR) is 54.9 cm³/mol. The lowest BCUT2D eigenvalue weighted by molar-refractivity contribution is -0.133. The third kappa shape index (κ3) is 2.37. The highest BCUT2D eigenvalue weighted by molar-refractivity contribution is 6.18. The molecule has 0 aromatic carbocycles. The molecule has 1 fully saturated rings. The summed E-state index contributed by atoms with van der Waals surface area (Å²) in [7, 11) is 0. The molecule has 76 valence electrons. The van der Waals surface area contributed by atoms with E-state index in [0.29, 0.717) is 18.2 Å². The molecule has 0 aromatic heterocycles. The van der Waals surface area contributed by atoms with E-state index in [-0.39, 0.29) is 11.4 Å². The first-order chi connectivity index (χ1) is 5.97. The van der Waals surface area contributed by atoms with E-state index < -0.39 is 0 Å². The maximum atomic E-state index is 11.6. The molecule has 0 saturated carbocycles. The topological polar surface area (TPSA) is 20.3 Å². The normalized spacial score (nSPS) is 26.5. The van der Waals surface area contributed by atoms with Crippen molar-refractivity contribution < 1.29 is 4.79 Å². The molecule has 1 unspecified atom stereocenters. The number of hydrogen-bond acceptors (Lipinski definition) is 1. The summed E-state index contributed by atoms with van der Waals surface area (Å²) >= 11 is 5.56. The van der Waals surface area contributed by atoms with Crippen LogP contribution in [0.2, 0.25) is 0 Å². The average Bonchev–Trinajstić information content (AvgIpc) is 2.24.